The zero-order valence-electron chi connectivity index (χ0n) is 7.08. The van der Waals surface area contributed by atoms with Crippen molar-refractivity contribution in [1.82, 2.24) is 0 Å². The molecule has 66 valence electrons. The van der Waals surface area contributed by atoms with Gasteiger partial charge in [0, 0.05) is 5.25 Å². The smallest absolute Gasteiger partial charge is 0.211 e. The van der Waals surface area contributed by atoms with Crippen LogP contribution in [0.25, 0.3) is 0 Å². The Kier molecular flexibility index (Phi) is 4.12. The fourth-order valence-corrected chi connectivity index (χ4v) is 2.69. The van der Waals surface area contributed by atoms with Gasteiger partial charge in [-0.15, -0.1) is 0 Å². The molecule has 0 aromatic rings. The van der Waals surface area contributed by atoms with Crippen LogP contribution in [0.2, 0.25) is 0 Å². The van der Waals surface area contributed by atoms with Crippen molar-refractivity contribution in [3.05, 3.63) is 12.2 Å². The largest absolute Gasteiger partial charge is 0.235 e. The van der Waals surface area contributed by atoms with Gasteiger partial charge in [-0.25, -0.2) is 9.79 Å². The Morgan fingerprint density at radius 3 is 3.17 bits per heavy atom. The van der Waals surface area contributed by atoms with Gasteiger partial charge in [0.15, 0.2) is 0 Å². The van der Waals surface area contributed by atoms with Crippen molar-refractivity contribution in [1.29, 1.82) is 0 Å². The van der Waals surface area contributed by atoms with Crippen molar-refractivity contribution in [2.24, 2.45) is 4.99 Å². The van der Waals surface area contributed by atoms with Gasteiger partial charge in [-0.3, -0.25) is 0 Å². The summed E-state index contributed by atoms with van der Waals surface area (Å²) in [4.78, 5) is 13.3. The molecular weight excluding hydrogens is 170 g/mol. The fraction of sp³-hybridized carbons (Fsp3) is 0.667. The molecule has 0 bridgehead atoms. The summed E-state index contributed by atoms with van der Waals surface area (Å²) in [5.41, 5.74) is 1.05. The summed E-state index contributed by atoms with van der Waals surface area (Å²) >= 11 is 2.00. The number of isocyanates is 1. The first-order valence-corrected chi connectivity index (χ1v) is 5.19. The molecule has 3 heteroatoms. The predicted octanol–water partition coefficient (Wildman–Crippen LogP) is 2.16. The van der Waals surface area contributed by atoms with Crippen LogP contribution in [-0.2, 0) is 4.79 Å². The minimum absolute atomic E-state index is 0.459. The van der Waals surface area contributed by atoms with E-state index in [1.807, 2.05) is 11.8 Å². The van der Waals surface area contributed by atoms with Gasteiger partial charge in [0.05, 0.1) is 6.54 Å². The Morgan fingerprint density at radius 2 is 2.58 bits per heavy atom. The number of nitrogens with zero attached hydrogens (tertiary/aromatic N) is 1. The van der Waals surface area contributed by atoms with E-state index in [0.29, 0.717) is 6.54 Å². The third-order valence-corrected chi connectivity index (χ3v) is 3.31. The molecule has 1 atom stereocenters. The van der Waals surface area contributed by atoms with Gasteiger partial charge in [-0.05, 0) is 25.0 Å². The summed E-state index contributed by atoms with van der Waals surface area (Å²) in [5.74, 6) is 1.27. The van der Waals surface area contributed by atoms with Crippen LogP contribution in [-0.4, -0.2) is 23.6 Å². The van der Waals surface area contributed by atoms with Crippen molar-refractivity contribution in [2.45, 2.75) is 24.5 Å². The Balaban J connectivity index is 2.20. The van der Waals surface area contributed by atoms with Crippen LogP contribution in [0.5, 0.6) is 0 Å². The quantitative estimate of drug-likeness (QED) is 0.380. The Labute approximate surface area is 77.1 Å². The molecule has 0 N–H and O–H groups in total. The van der Waals surface area contributed by atoms with Crippen LogP contribution in [0.3, 0.4) is 0 Å². The van der Waals surface area contributed by atoms with Gasteiger partial charge in [-0.2, -0.15) is 11.8 Å². The van der Waals surface area contributed by atoms with Crippen LogP contribution in [0, 0.1) is 0 Å². The van der Waals surface area contributed by atoms with Crippen molar-refractivity contribution in [2.75, 3.05) is 12.3 Å². The normalized spacial score (nSPS) is 21.8. The maximum absolute atomic E-state index is 9.81. The van der Waals surface area contributed by atoms with E-state index in [1.54, 1.807) is 0 Å². The lowest BCUT2D eigenvalue weighted by atomic mass is 10.1. The van der Waals surface area contributed by atoms with E-state index < -0.39 is 0 Å². The van der Waals surface area contributed by atoms with Crippen LogP contribution in [0.15, 0.2) is 17.1 Å². The highest BCUT2D eigenvalue weighted by molar-refractivity contribution is 8.00. The molecule has 1 fully saturated rings. The van der Waals surface area contributed by atoms with E-state index >= 15 is 0 Å². The van der Waals surface area contributed by atoms with Gasteiger partial charge in [0.25, 0.3) is 0 Å². The fourth-order valence-electron chi connectivity index (χ4n) is 1.34. The van der Waals surface area contributed by atoms with E-state index in [0.717, 1.165) is 17.2 Å². The van der Waals surface area contributed by atoms with Crippen molar-refractivity contribution in [3.63, 3.8) is 0 Å². The molecule has 2 nitrogen and oxygen atoms in total. The van der Waals surface area contributed by atoms with Gasteiger partial charge in [-0.1, -0.05) is 12.2 Å². The lowest BCUT2D eigenvalue weighted by Gasteiger charge is -2.07. The van der Waals surface area contributed by atoms with Crippen LogP contribution in [0.1, 0.15) is 19.3 Å². The Morgan fingerprint density at radius 1 is 1.75 bits per heavy atom. The van der Waals surface area contributed by atoms with E-state index in [9.17, 15) is 4.79 Å². The molecule has 0 radical (unpaired) electrons. The third kappa shape index (κ3) is 3.24. The molecule has 1 heterocycles. The molecular formula is C9H13NOS. The number of carbonyl (C=O) groups excluding carboxylic acids is 1. The monoisotopic (exact) mass is 183 g/mol. The third-order valence-electron chi connectivity index (χ3n) is 1.91. The number of rotatable bonds is 4. The number of hydrogen-bond acceptors (Lipinski definition) is 3. The summed E-state index contributed by atoms with van der Waals surface area (Å²) in [6.07, 6.45) is 5.15. The van der Waals surface area contributed by atoms with E-state index in [1.165, 1.54) is 24.7 Å². The van der Waals surface area contributed by atoms with E-state index in [4.69, 9.17) is 0 Å². The molecule has 0 aliphatic carbocycles. The minimum atomic E-state index is 0.459. The predicted molar refractivity (Wildman–Crippen MR) is 52.2 cm³/mol. The first kappa shape index (κ1) is 9.56. The maximum Gasteiger partial charge on any atom is 0.235 e. The van der Waals surface area contributed by atoms with Crippen molar-refractivity contribution in [3.8, 4) is 0 Å². The second-order valence-electron chi connectivity index (χ2n) is 3.00. The molecule has 0 saturated carbocycles. The minimum Gasteiger partial charge on any atom is -0.211 e. The summed E-state index contributed by atoms with van der Waals surface area (Å²) in [6, 6.07) is 0. The SMILES string of the molecule is C=C(CN=C=O)CC1CCCS1. The van der Waals surface area contributed by atoms with Gasteiger partial charge >= 0.3 is 0 Å². The summed E-state index contributed by atoms with van der Waals surface area (Å²) in [6.45, 7) is 4.33. The average molecular weight is 183 g/mol. The lowest BCUT2D eigenvalue weighted by molar-refractivity contribution is 0.563. The standard InChI is InChI=1S/C9H13NOS/c1-8(6-10-7-11)5-9-3-2-4-12-9/h9H,1-6H2. The van der Waals surface area contributed by atoms with Gasteiger partial charge in [0.1, 0.15) is 0 Å². The zero-order valence-corrected chi connectivity index (χ0v) is 7.90. The van der Waals surface area contributed by atoms with Crippen LogP contribution < -0.4 is 0 Å². The highest BCUT2D eigenvalue weighted by atomic mass is 32.2. The van der Waals surface area contributed by atoms with Crippen LogP contribution >= 0.6 is 11.8 Å². The zero-order chi connectivity index (χ0) is 8.81. The summed E-state index contributed by atoms with van der Waals surface area (Å²) in [7, 11) is 0. The Bertz CT molecular complexity index is 203. The first-order chi connectivity index (χ1) is 5.83. The first-order valence-electron chi connectivity index (χ1n) is 4.15. The van der Waals surface area contributed by atoms with Crippen molar-refractivity contribution >= 4 is 17.8 Å². The average Bonchev–Trinajstić information content (AvgIpc) is 2.53. The molecule has 0 aromatic carbocycles. The van der Waals surface area contributed by atoms with Crippen LogP contribution in [0.4, 0.5) is 0 Å². The molecule has 1 aliphatic rings. The highest BCUT2D eigenvalue weighted by Gasteiger charge is 2.15. The molecule has 1 rings (SSSR count). The second-order valence-corrected chi connectivity index (χ2v) is 4.40. The molecule has 1 saturated heterocycles. The topological polar surface area (TPSA) is 29.4 Å². The van der Waals surface area contributed by atoms with Gasteiger partial charge < -0.3 is 0 Å². The molecule has 1 unspecified atom stereocenters. The van der Waals surface area contributed by atoms with E-state index in [2.05, 4.69) is 11.6 Å². The molecule has 0 aromatic heterocycles. The maximum atomic E-state index is 9.81. The lowest BCUT2D eigenvalue weighted by Crippen LogP contribution is -1.99. The highest BCUT2D eigenvalue weighted by Crippen LogP contribution is 2.30. The molecule has 0 spiro atoms. The second kappa shape index (κ2) is 5.18. The molecule has 0 amide bonds. The number of aliphatic imine (C=N–C) groups is 1. The van der Waals surface area contributed by atoms with Gasteiger partial charge in [0.2, 0.25) is 6.08 Å². The molecule has 1 aliphatic heterocycles. The van der Waals surface area contributed by atoms with Crippen molar-refractivity contribution < 1.29 is 4.79 Å². The summed E-state index contributed by atoms with van der Waals surface area (Å²) in [5, 5.41) is 0.722. The number of thioether (sulfide) groups is 1. The van der Waals surface area contributed by atoms with E-state index in [-0.39, 0.29) is 0 Å². The molecule has 12 heavy (non-hydrogen) atoms. The number of hydrogen-bond donors (Lipinski definition) is 0. The Hall–Kier alpha value is -0.530. The summed E-state index contributed by atoms with van der Waals surface area (Å²) < 4.78 is 0.